The maximum Gasteiger partial charge on any atom is 0.326 e. The highest BCUT2D eigenvalue weighted by atomic mass is 16.4. The van der Waals surface area contributed by atoms with E-state index in [4.69, 9.17) is 38.9 Å². The van der Waals surface area contributed by atoms with Crippen LogP contribution >= 0.6 is 0 Å². The molecule has 0 aromatic rings. The number of amides is 3. The van der Waals surface area contributed by atoms with E-state index in [1.165, 1.54) is 0 Å². The van der Waals surface area contributed by atoms with Gasteiger partial charge in [-0.3, -0.25) is 29.2 Å². The molecule has 0 saturated heterocycles. The van der Waals surface area contributed by atoms with Gasteiger partial charge in [-0.2, -0.15) is 0 Å². The van der Waals surface area contributed by atoms with Crippen molar-refractivity contribution in [3.8, 4) is 0 Å². The molecule has 0 fully saturated rings. The van der Waals surface area contributed by atoms with Crippen LogP contribution in [0.4, 0.5) is 0 Å². The number of hydrogen-bond donors (Lipinski definition) is 11. The third kappa shape index (κ3) is 15.0. The number of carbonyl (C=O) groups is 5. The van der Waals surface area contributed by atoms with Crippen LogP contribution in [-0.4, -0.2) is 101 Å². The van der Waals surface area contributed by atoms with E-state index < -0.39 is 66.9 Å². The van der Waals surface area contributed by atoms with Gasteiger partial charge in [-0.05, 0) is 32.1 Å². The Balaban J connectivity index is 5.59. The molecule has 0 heterocycles. The zero-order chi connectivity index (χ0) is 29.3. The monoisotopic (exact) mass is 546 g/mol. The summed E-state index contributed by atoms with van der Waals surface area (Å²) < 4.78 is 0. The minimum absolute atomic E-state index is 0.0116. The van der Waals surface area contributed by atoms with Crippen molar-refractivity contribution in [1.29, 1.82) is 0 Å². The molecule has 0 aliphatic carbocycles. The van der Waals surface area contributed by atoms with Gasteiger partial charge in [0.25, 0.3) is 0 Å². The summed E-state index contributed by atoms with van der Waals surface area (Å²) in [6.07, 6.45) is -0.554. The molecular weight excluding hydrogens is 508 g/mol. The van der Waals surface area contributed by atoms with Crippen molar-refractivity contribution >= 4 is 41.6 Å². The molecule has 0 unspecified atom stereocenters. The summed E-state index contributed by atoms with van der Waals surface area (Å²) in [6.45, 7) is -0.479. The van der Waals surface area contributed by atoms with Crippen LogP contribution in [0.5, 0.6) is 0 Å². The quantitative estimate of drug-likeness (QED) is 0.0410. The summed E-state index contributed by atoms with van der Waals surface area (Å²) in [5, 5.41) is 34.5. The molecule has 18 heteroatoms. The summed E-state index contributed by atoms with van der Waals surface area (Å²) in [6, 6.07) is -5.42. The number of aliphatic imine (C=N–C) groups is 2. The molecule has 0 rings (SSSR count). The second-order valence-electron chi connectivity index (χ2n) is 8.14. The molecule has 0 bridgehead atoms. The smallest absolute Gasteiger partial charge is 0.326 e. The largest absolute Gasteiger partial charge is 0.481 e. The fourth-order valence-electron chi connectivity index (χ4n) is 2.98. The van der Waals surface area contributed by atoms with Crippen LogP contribution in [0.3, 0.4) is 0 Å². The van der Waals surface area contributed by atoms with Crippen molar-refractivity contribution in [2.45, 2.75) is 62.7 Å². The van der Waals surface area contributed by atoms with E-state index in [1.54, 1.807) is 0 Å². The lowest BCUT2D eigenvalue weighted by atomic mass is 10.1. The average molecular weight is 547 g/mol. The van der Waals surface area contributed by atoms with E-state index in [1.807, 2.05) is 0 Å². The molecule has 0 spiro atoms. The number of carbonyl (C=O) groups excluding carboxylic acids is 3. The van der Waals surface area contributed by atoms with Gasteiger partial charge in [0, 0.05) is 19.5 Å². The number of aliphatic hydroxyl groups is 1. The van der Waals surface area contributed by atoms with Crippen LogP contribution in [0.15, 0.2) is 9.98 Å². The Kier molecular flexibility index (Phi) is 16.1. The van der Waals surface area contributed by atoms with Gasteiger partial charge in [-0.15, -0.1) is 0 Å². The molecule has 0 aliphatic heterocycles. The second kappa shape index (κ2) is 18.1. The van der Waals surface area contributed by atoms with E-state index in [-0.39, 0.29) is 57.1 Å². The van der Waals surface area contributed by atoms with Crippen molar-refractivity contribution in [3.05, 3.63) is 0 Å². The molecule has 0 aliphatic rings. The van der Waals surface area contributed by atoms with Gasteiger partial charge in [0.05, 0.1) is 6.61 Å². The van der Waals surface area contributed by atoms with Gasteiger partial charge in [0.1, 0.15) is 24.2 Å². The molecule has 0 aromatic carbocycles. The van der Waals surface area contributed by atoms with E-state index in [0.29, 0.717) is 0 Å². The Hall–Kier alpha value is -4.19. The lowest BCUT2D eigenvalue weighted by molar-refractivity contribution is -0.143. The number of nitrogens with two attached hydrogens (primary N) is 5. The molecule has 0 aromatic heterocycles. The fraction of sp³-hybridized carbons (Fsp3) is 0.650. The second-order valence-corrected chi connectivity index (χ2v) is 8.14. The molecule has 216 valence electrons. The Labute approximate surface area is 218 Å². The molecule has 0 radical (unpaired) electrons. The first-order valence-electron chi connectivity index (χ1n) is 11.6. The summed E-state index contributed by atoms with van der Waals surface area (Å²) >= 11 is 0. The number of carboxylic acid groups (broad SMARTS) is 2. The molecular formula is C20H38N10O8. The third-order valence-electron chi connectivity index (χ3n) is 4.95. The van der Waals surface area contributed by atoms with Crippen LogP contribution in [-0.2, 0) is 24.0 Å². The number of hydrogen-bond acceptors (Lipinski definition) is 9. The van der Waals surface area contributed by atoms with Crippen LogP contribution < -0.4 is 44.6 Å². The number of aliphatic carboxylic acids is 2. The minimum atomic E-state index is -1.46. The van der Waals surface area contributed by atoms with Crippen molar-refractivity contribution in [2.75, 3.05) is 19.7 Å². The molecule has 16 N–H and O–H groups in total. The highest BCUT2D eigenvalue weighted by molar-refractivity contribution is 5.94. The van der Waals surface area contributed by atoms with Gasteiger partial charge in [-0.25, -0.2) is 4.79 Å². The van der Waals surface area contributed by atoms with Crippen molar-refractivity contribution in [2.24, 2.45) is 38.7 Å². The van der Waals surface area contributed by atoms with E-state index in [2.05, 4.69) is 25.9 Å². The SMILES string of the molecule is NC(N)=NCCC[C@H](NC(=O)[C@H](CCC(=O)O)NC(=O)[C@H](CCCN=C(N)N)NC(=O)[C@@H](N)CO)C(=O)O. The number of nitrogens with one attached hydrogen (secondary N) is 3. The number of carboxylic acids is 2. The standard InChI is InChI=1S/C20H38N10O8/c21-10(9-31)15(34)28-11(3-1-7-26-19(22)23)16(35)29-12(5-6-14(32)33)17(36)30-13(18(37)38)4-2-8-27-20(24)25/h10-13,31H,1-9,21H2,(H,28,34)(H,29,35)(H,30,36)(H,32,33)(H,37,38)(H4,22,23,26)(H4,24,25,27)/t10-,11-,12-,13-/m0/s1. The average Bonchev–Trinajstić information content (AvgIpc) is 2.83. The van der Waals surface area contributed by atoms with E-state index >= 15 is 0 Å². The molecule has 18 nitrogen and oxygen atoms in total. The molecule has 0 saturated carbocycles. The van der Waals surface area contributed by atoms with Crippen molar-refractivity contribution < 1.29 is 39.3 Å². The van der Waals surface area contributed by atoms with Gasteiger partial charge in [0.2, 0.25) is 17.7 Å². The van der Waals surface area contributed by atoms with Gasteiger partial charge in [-0.1, -0.05) is 0 Å². The topological polar surface area (TPSA) is 337 Å². The summed E-state index contributed by atoms with van der Waals surface area (Å²) in [5.74, 6) is -5.68. The summed E-state index contributed by atoms with van der Waals surface area (Å²) in [4.78, 5) is 68.2. The van der Waals surface area contributed by atoms with Gasteiger partial charge in [0.15, 0.2) is 11.9 Å². The first kappa shape index (κ1) is 33.8. The van der Waals surface area contributed by atoms with Crippen LogP contribution in [0.2, 0.25) is 0 Å². The number of nitrogens with zero attached hydrogens (tertiary/aromatic N) is 2. The Morgan fingerprint density at radius 1 is 0.684 bits per heavy atom. The number of rotatable bonds is 19. The summed E-state index contributed by atoms with van der Waals surface area (Å²) in [7, 11) is 0. The van der Waals surface area contributed by atoms with Crippen molar-refractivity contribution in [3.63, 3.8) is 0 Å². The lowest BCUT2D eigenvalue weighted by Gasteiger charge is -2.25. The van der Waals surface area contributed by atoms with Crippen LogP contribution in [0.1, 0.15) is 38.5 Å². The highest BCUT2D eigenvalue weighted by Gasteiger charge is 2.30. The van der Waals surface area contributed by atoms with Gasteiger partial charge < -0.3 is 59.9 Å². The van der Waals surface area contributed by atoms with Crippen LogP contribution in [0.25, 0.3) is 0 Å². The molecule has 3 amide bonds. The van der Waals surface area contributed by atoms with Crippen LogP contribution in [0, 0.1) is 0 Å². The maximum absolute atomic E-state index is 13.0. The summed E-state index contributed by atoms with van der Waals surface area (Å²) in [5.41, 5.74) is 26.4. The zero-order valence-corrected chi connectivity index (χ0v) is 20.8. The first-order valence-corrected chi connectivity index (χ1v) is 11.6. The third-order valence-corrected chi connectivity index (χ3v) is 4.95. The first-order chi connectivity index (χ1) is 17.8. The molecule has 38 heavy (non-hydrogen) atoms. The predicted octanol–water partition coefficient (Wildman–Crippen LogP) is -5.18. The minimum Gasteiger partial charge on any atom is -0.481 e. The van der Waals surface area contributed by atoms with Crippen molar-refractivity contribution in [1.82, 2.24) is 16.0 Å². The van der Waals surface area contributed by atoms with Gasteiger partial charge >= 0.3 is 11.9 Å². The highest BCUT2D eigenvalue weighted by Crippen LogP contribution is 2.06. The Morgan fingerprint density at radius 3 is 1.53 bits per heavy atom. The Bertz CT molecular complexity index is 874. The normalized spacial score (nSPS) is 13.6. The number of guanidine groups is 2. The molecule has 4 atom stereocenters. The zero-order valence-electron chi connectivity index (χ0n) is 20.8. The Morgan fingerprint density at radius 2 is 1.11 bits per heavy atom. The lowest BCUT2D eigenvalue weighted by Crippen LogP contribution is -2.57. The maximum atomic E-state index is 13.0. The van der Waals surface area contributed by atoms with E-state index in [9.17, 15) is 29.1 Å². The predicted molar refractivity (Wildman–Crippen MR) is 135 cm³/mol. The van der Waals surface area contributed by atoms with E-state index in [0.717, 1.165) is 0 Å². The fourth-order valence-corrected chi connectivity index (χ4v) is 2.98. The number of aliphatic hydroxyl groups excluding tert-OH is 1.